The number of rotatable bonds is 6. The van der Waals surface area contributed by atoms with Crippen molar-refractivity contribution in [2.24, 2.45) is 0 Å². The first-order valence-electron chi connectivity index (χ1n) is 7.35. The number of aromatic nitrogens is 2. The minimum absolute atomic E-state index is 0.825. The van der Waals surface area contributed by atoms with E-state index in [0.29, 0.717) is 0 Å². The van der Waals surface area contributed by atoms with Crippen LogP contribution in [-0.2, 0) is 0 Å². The summed E-state index contributed by atoms with van der Waals surface area (Å²) in [6.45, 7) is 3.79. The molecule has 0 saturated carbocycles. The van der Waals surface area contributed by atoms with Crippen molar-refractivity contribution < 1.29 is 4.74 Å². The third kappa shape index (κ3) is 3.32. The maximum atomic E-state index is 5.24. The second-order valence-corrected chi connectivity index (χ2v) is 5.91. The van der Waals surface area contributed by atoms with E-state index in [1.165, 1.54) is 0 Å². The molecule has 116 valence electrons. The van der Waals surface area contributed by atoms with Gasteiger partial charge in [-0.1, -0.05) is 36.0 Å². The highest BCUT2D eigenvalue weighted by Crippen LogP contribution is 2.30. The van der Waals surface area contributed by atoms with E-state index in [1.54, 1.807) is 18.9 Å². The van der Waals surface area contributed by atoms with Crippen molar-refractivity contribution >= 4 is 11.8 Å². The summed E-state index contributed by atoms with van der Waals surface area (Å²) in [5.41, 5.74) is 3.26. The Morgan fingerprint density at radius 3 is 2.52 bits per heavy atom. The molecule has 2 aromatic carbocycles. The smallest absolute Gasteiger partial charge is 0.173 e. The molecule has 0 radical (unpaired) electrons. The Balaban J connectivity index is 2.08. The van der Waals surface area contributed by atoms with Gasteiger partial charge in [-0.2, -0.15) is 0 Å². The van der Waals surface area contributed by atoms with E-state index in [4.69, 9.17) is 4.74 Å². The monoisotopic (exact) mass is 322 g/mol. The lowest BCUT2D eigenvalue weighted by molar-refractivity contribution is 0.415. The highest BCUT2D eigenvalue weighted by molar-refractivity contribution is 7.99. The molecular weight excluding hydrogens is 304 g/mol. The highest BCUT2D eigenvalue weighted by atomic mass is 32.2. The Labute approximate surface area is 140 Å². The summed E-state index contributed by atoms with van der Waals surface area (Å²) < 4.78 is 7.42. The zero-order chi connectivity index (χ0) is 16.1. The molecule has 3 rings (SSSR count). The number of hydrogen-bond donors (Lipinski definition) is 0. The number of nitrogens with zero attached hydrogens (tertiary/aromatic N) is 2. The summed E-state index contributed by atoms with van der Waals surface area (Å²) in [6.07, 6.45) is 3.81. The number of hydrogen-bond acceptors (Lipinski definition) is 3. The molecule has 0 unspecified atom stereocenters. The molecule has 0 atom stereocenters. The van der Waals surface area contributed by atoms with Crippen LogP contribution < -0.4 is 4.74 Å². The fourth-order valence-corrected chi connectivity index (χ4v) is 3.09. The van der Waals surface area contributed by atoms with Gasteiger partial charge in [-0.3, -0.25) is 4.57 Å². The third-order valence-electron chi connectivity index (χ3n) is 3.46. The average Bonchev–Trinajstić information content (AvgIpc) is 3.04. The lowest BCUT2D eigenvalue weighted by atomic mass is 10.1. The summed E-state index contributed by atoms with van der Waals surface area (Å²) in [5.74, 6) is 1.67. The van der Waals surface area contributed by atoms with Crippen LogP contribution in [0.25, 0.3) is 16.9 Å². The van der Waals surface area contributed by atoms with Crippen LogP contribution >= 0.6 is 11.8 Å². The fourth-order valence-electron chi connectivity index (χ4n) is 2.36. The third-order valence-corrected chi connectivity index (χ3v) is 4.41. The molecule has 0 spiro atoms. The van der Waals surface area contributed by atoms with Crippen molar-refractivity contribution in [3.8, 4) is 22.7 Å². The fraction of sp³-hybridized carbons (Fsp3) is 0.105. The predicted molar refractivity (Wildman–Crippen MR) is 96.5 cm³/mol. The first kappa shape index (κ1) is 15.4. The highest BCUT2D eigenvalue weighted by Gasteiger charge is 2.13. The predicted octanol–water partition coefficient (Wildman–Crippen LogP) is 4.83. The largest absolute Gasteiger partial charge is 0.497 e. The molecule has 0 aliphatic carbocycles. The van der Waals surface area contributed by atoms with Gasteiger partial charge >= 0.3 is 0 Å². The Morgan fingerprint density at radius 2 is 1.87 bits per heavy atom. The number of thioether (sulfide) groups is 1. The van der Waals surface area contributed by atoms with E-state index >= 15 is 0 Å². The first-order valence-corrected chi connectivity index (χ1v) is 8.33. The van der Waals surface area contributed by atoms with E-state index in [2.05, 4.69) is 40.4 Å². The molecule has 0 aliphatic heterocycles. The van der Waals surface area contributed by atoms with Gasteiger partial charge in [-0.05, 0) is 36.4 Å². The van der Waals surface area contributed by atoms with Gasteiger partial charge in [0.15, 0.2) is 5.16 Å². The SMILES string of the molecule is C=CCSc1ncc(-c2ccc(OC)cc2)n1-c1ccccc1. The van der Waals surface area contributed by atoms with Gasteiger partial charge in [0.25, 0.3) is 0 Å². The van der Waals surface area contributed by atoms with E-state index in [0.717, 1.165) is 33.6 Å². The second kappa shape index (κ2) is 7.20. The zero-order valence-electron chi connectivity index (χ0n) is 13.0. The Bertz CT molecular complexity index is 779. The van der Waals surface area contributed by atoms with Crippen LogP contribution in [0.3, 0.4) is 0 Å². The van der Waals surface area contributed by atoms with E-state index in [1.807, 2.05) is 42.6 Å². The molecule has 0 saturated heterocycles. The molecule has 23 heavy (non-hydrogen) atoms. The molecular formula is C19H18N2OS. The summed E-state index contributed by atoms with van der Waals surface area (Å²) in [4.78, 5) is 4.60. The molecule has 1 heterocycles. The van der Waals surface area contributed by atoms with Crippen LogP contribution in [0.1, 0.15) is 0 Å². The average molecular weight is 322 g/mol. The van der Waals surface area contributed by atoms with Crippen molar-refractivity contribution in [2.75, 3.05) is 12.9 Å². The van der Waals surface area contributed by atoms with Gasteiger partial charge in [0.2, 0.25) is 0 Å². The molecule has 3 nitrogen and oxygen atoms in total. The maximum Gasteiger partial charge on any atom is 0.173 e. The topological polar surface area (TPSA) is 27.1 Å². The molecule has 0 N–H and O–H groups in total. The van der Waals surface area contributed by atoms with Gasteiger partial charge in [-0.15, -0.1) is 6.58 Å². The summed E-state index contributed by atoms with van der Waals surface area (Å²) >= 11 is 1.67. The van der Waals surface area contributed by atoms with Gasteiger partial charge in [0, 0.05) is 17.0 Å². The molecule has 0 bridgehead atoms. The van der Waals surface area contributed by atoms with Crippen LogP contribution in [0.15, 0.2) is 78.6 Å². The molecule has 0 fully saturated rings. The van der Waals surface area contributed by atoms with E-state index in [9.17, 15) is 0 Å². The van der Waals surface area contributed by atoms with Crippen LogP contribution in [0.5, 0.6) is 5.75 Å². The van der Waals surface area contributed by atoms with Crippen molar-refractivity contribution in [1.82, 2.24) is 9.55 Å². The molecule has 0 amide bonds. The van der Waals surface area contributed by atoms with Crippen molar-refractivity contribution in [2.45, 2.75) is 5.16 Å². The van der Waals surface area contributed by atoms with Crippen LogP contribution in [0.4, 0.5) is 0 Å². The minimum atomic E-state index is 0.825. The Hall–Kier alpha value is -2.46. The van der Waals surface area contributed by atoms with E-state index < -0.39 is 0 Å². The molecule has 0 aliphatic rings. The molecule has 4 heteroatoms. The van der Waals surface area contributed by atoms with Crippen molar-refractivity contribution in [3.05, 3.63) is 73.4 Å². The zero-order valence-corrected chi connectivity index (χ0v) is 13.8. The minimum Gasteiger partial charge on any atom is -0.497 e. The lowest BCUT2D eigenvalue weighted by Crippen LogP contribution is -1.99. The van der Waals surface area contributed by atoms with Gasteiger partial charge < -0.3 is 4.74 Å². The number of para-hydroxylation sites is 1. The summed E-state index contributed by atoms with van der Waals surface area (Å²) in [6, 6.07) is 18.3. The maximum absolute atomic E-state index is 5.24. The number of ether oxygens (including phenoxy) is 1. The normalized spacial score (nSPS) is 10.5. The molecule has 1 aromatic heterocycles. The standard InChI is InChI=1S/C19H18N2OS/c1-3-13-23-19-20-14-18(15-9-11-17(22-2)12-10-15)21(19)16-7-5-4-6-8-16/h3-12,14H,1,13H2,2H3. The van der Waals surface area contributed by atoms with Crippen LogP contribution in [0.2, 0.25) is 0 Å². The Morgan fingerprint density at radius 1 is 1.13 bits per heavy atom. The molecule has 3 aromatic rings. The van der Waals surface area contributed by atoms with Gasteiger partial charge in [-0.25, -0.2) is 4.98 Å². The first-order chi connectivity index (χ1) is 11.3. The summed E-state index contributed by atoms with van der Waals surface area (Å²) in [7, 11) is 1.67. The van der Waals surface area contributed by atoms with Gasteiger partial charge in [0.05, 0.1) is 19.0 Å². The number of benzene rings is 2. The van der Waals surface area contributed by atoms with Crippen molar-refractivity contribution in [3.63, 3.8) is 0 Å². The summed E-state index contributed by atoms with van der Waals surface area (Å²) in [5, 5.41) is 0.960. The van der Waals surface area contributed by atoms with Crippen LogP contribution in [0, 0.1) is 0 Å². The number of methoxy groups -OCH3 is 1. The Kier molecular flexibility index (Phi) is 4.83. The quantitative estimate of drug-likeness (QED) is 0.480. The van der Waals surface area contributed by atoms with Crippen LogP contribution in [-0.4, -0.2) is 22.4 Å². The number of imidazole rings is 1. The second-order valence-electron chi connectivity index (χ2n) is 4.93. The van der Waals surface area contributed by atoms with Gasteiger partial charge in [0.1, 0.15) is 5.75 Å². The van der Waals surface area contributed by atoms with Crippen molar-refractivity contribution in [1.29, 1.82) is 0 Å². The lowest BCUT2D eigenvalue weighted by Gasteiger charge is -2.12. The van der Waals surface area contributed by atoms with E-state index in [-0.39, 0.29) is 0 Å².